The summed E-state index contributed by atoms with van der Waals surface area (Å²) >= 11 is 1.18. The highest BCUT2D eigenvalue weighted by atomic mass is 32.1. The number of carbonyl (C=O) groups excluding carboxylic acids is 2. The van der Waals surface area contributed by atoms with Crippen LogP contribution in [0.1, 0.15) is 57.6 Å². The second-order valence-corrected chi connectivity index (χ2v) is 8.88. The Hall–Kier alpha value is -2.99. The van der Waals surface area contributed by atoms with Gasteiger partial charge in [0.15, 0.2) is 5.13 Å². The lowest BCUT2D eigenvalue weighted by molar-refractivity contribution is 0.0953. The van der Waals surface area contributed by atoms with E-state index in [1.165, 1.54) is 11.3 Å². The molecule has 3 rings (SSSR count). The van der Waals surface area contributed by atoms with E-state index in [1.807, 2.05) is 54.6 Å². The molecular formula is C23H25N3O2S. The van der Waals surface area contributed by atoms with Gasteiger partial charge in [0.25, 0.3) is 11.8 Å². The molecular weight excluding hydrogens is 382 g/mol. The number of carbonyl (C=O) groups is 2. The number of benzene rings is 2. The minimum Gasteiger partial charge on any atom is -0.347 e. The van der Waals surface area contributed by atoms with E-state index in [0.29, 0.717) is 27.8 Å². The Labute approximate surface area is 175 Å². The molecule has 0 atom stereocenters. The summed E-state index contributed by atoms with van der Waals surface area (Å²) in [6.07, 6.45) is 0. The first-order chi connectivity index (χ1) is 13.7. The first-order valence-corrected chi connectivity index (χ1v) is 10.3. The van der Waals surface area contributed by atoms with Crippen molar-refractivity contribution in [2.75, 3.05) is 5.32 Å². The number of aryl methyl sites for hydroxylation is 1. The van der Waals surface area contributed by atoms with E-state index in [-0.39, 0.29) is 17.2 Å². The predicted octanol–water partition coefficient (Wildman–Crippen LogP) is 4.93. The number of rotatable bonds is 5. The van der Waals surface area contributed by atoms with Gasteiger partial charge in [-0.2, -0.15) is 0 Å². The van der Waals surface area contributed by atoms with Gasteiger partial charge in [0.05, 0.1) is 5.69 Å². The fourth-order valence-corrected chi connectivity index (χ4v) is 3.69. The molecule has 0 bridgehead atoms. The molecule has 0 saturated heterocycles. The maximum absolute atomic E-state index is 12.5. The standard InChI is InChI=1S/C23H25N3O2S/c1-15-19(21(28)24-14-16-8-6-5-7-9-16)29-22(25-15)26-20(27)17-10-12-18(13-11-17)23(2,3)4/h5-13H,14H2,1-4H3,(H,24,28)(H,25,26,27). The van der Waals surface area contributed by atoms with Crippen LogP contribution in [-0.4, -0.2) is 16.8 Å². The maximum Gasteiger partial charge on any atom is 0.263 e. The first kappa shape index (κ1) is 20.7. The van der Waals surface area contributed by atoms with E-state index in [9.17, 15) is 9.59 Å². The number of thiazole rings is 1. The summed E-state index contributed by atoms with van der Waals surface area (Å²) in [6.45, 7) is 8.60. The lowest BCUT2D eigenvalue weighted by Crippen LogP contribution is -2.22. The van der Waals surface area contributed by atoms with Gasteiger partial charge in [0.2, 0.25) is 0 Å². The molecule has 6 heteroatoms. The molecule has 0 aliphatic rings. The van der Waals surface area contributed by atoms with Crippen molar-refractivity contribution in [2.45, 2.75) is 39.7 Å². The molecule has 3 aromatic rings. The van der Waals surface area contributed by atoms with Crippen molar-refractivity contribution in [3.05, 3.63) is 81.9 Å². The van der Waals surface area contributed by atoms with Gasteiger partial charge in [-0.05, 0) is 35.6 Å². The van der Waals surface area contributed by atoms with E-state index < -0.39 is 0 Å². The number of nitrogens with one attached hydrogen (secondary N) is 2. The molecule has 29 heavy (non-hydrogen) atoms. The summed E-state index contributed by atoms with van der Waals surface area (Å²) in [5, 5.41) is 6.10. The highest BCUT2D eigenvalue weighted by molar-refractivity contribution is 7.17. The molecule has 2 N–H and O–H groups in total. The second kappa shape index (κ2) is 8.57. The Kier molecular flexibility index (Phi) is 6.13. The Morgan fingerprint density at radius 1 is 0.966 bits per heavy atom. The lowest BCUT2D eigenvalue weighted by Gasteiger charge is -2.18. The van der Waals surface area contributed by atoms with Gasteiger partial charge >= 0.3 is 0 Å². The van der Waals surface area contributed by atoms with Crippen LogP contribution in [0.25, 0.3) is 0 Å². The molecule has 2 amide bonds. The fraction of sp³-hybridized carbons (Fsp3) is 0.261. The molecule has 0 spiro atoms. The van der Waals surface area contributed by atoms with Gasteiger partial charge in [0.1, 0.15) is 4.88 Å². The Morgan fingerprint density at radius 2 is 1.62 bits per heavy atom. The van der Waals surface area contributed by atoms with Gasteiger partial charge in [-0.1, -0.05) is 74.6 Å². The average Bonchev–Trinajstić information content (AvgIpc) is 3.06. The Bertz CT molecular complexity index is 1000. The molecule has 2 aromatic carbocycles. The molecule has 0 saturated carbocycles. The monoisotopic (exact) mass is 407 g/mol. The number of nitrogens with zero attached hydrogens (tertiary/aromatic N) is 1. The molecule has 0 aliphatic heterocycles. The van der Waals surface area contributed by atoms with Crippen LogP contribution in [0.15, 0.2) is 54.6 Å². The van der Waals surface area contributed by atoms with Gasteiger partial charge in [0, 0.05) is 12.1 Å². The Balaban J connectivity index is 1.65. The number of amides is 2. The van der Waals surface area contributed by atoms with Crippen molar-refractivity contribution >= 4 is 28.3 Å². The summed E-state index contributed by atoms with van der Waals surface area (Å²) in [5.74, 6) is -0.436. The van der Waals surface area contributed by atoms with Crippen molar-refractivity contribution in [2.24, 2.45) is 0 Å². The van der Waals surface area contributed by atoms with Crippen LogP contribution in [-0.2, 0) is 12.0 Å². The second-order valence-electron chi connectivity index (χ2n) is 7.88. The van der Waals surface area contributed by atoms with E-state index in [4.69, 9.17) is 0 Å². The van der Waals surface area contributed by atoms with Crippen LogP contribution in [0.4, 0.5) is 5.13 Å². The van der Waals surface area contributed by atoms with E-state index in [2.05, 4.69) is 36.4 Å². The molecule has 0 fully saturated rings. The van der Waals surface area contributed by atoms with Crippen LogP contribution in [0, 0.1) is 6.92 Å². The highest BCUT2D eigenvalue weighted by Crippen LogP contribution is 2.25. The molecule has 0 unspecified atom stereocenters. The zero-order valence-corrected chi connectivity index (χ0v) is 17.9. The maximum atomic E-state index is 12.5. The number of hydrogen-bond acceptors (Lipinski definition) is 4. The lowest BCUT2D eigenvalue weighted by atomic mass is 9.87. The average molecular weight is 408 g/mol. The zero-order chi connectivity index (χ0) is 21.0. The Morgan fingerprint density at radius 3 is 2.24 bits per heavy atom. The van der Waals surface area contributed by atoms with E-state index >= 15 is 0 Å². The molecule has 150 valence electrons. The minimum absolute atomic E-state index is 0.0312. The summed E-state index contributed by atoms with van der Waals surface area (Å²) < 4.78 is 0. The summed E-state index contributed by atoms with van der Waals surface area (Å²) in [5.41, 5.74) is 3.37. The van der Waals surface area contributed by atoms with Crippen LogP contribution >= 0.6 is 11.3 Å². The van der Waals surface area contributed by atoms with Crippen LogP contribution in [0.5, 0.6) is 0 Å². The number of anilines is 1. The summed E-state index contributed by atoms with van der Waals surface area (Å²) in [4.78, 5) is 29.9. The van der Waals surface area contributed by atoms with Gasteiger partial charge in [-0.25, -0.2) is 4.98 Å². The molecule has 1 aromatic heterocycles. The summed E-state index contributed by atoms with van der Waals surface area (Å²) in [6, 6.07) is 17.3. The van der Waals surface area contributed by atoms with Crippen LogP contribution in [0.3, 0.4) is 0 Å². The van der Waals surface area contributed by atoms with Crippen molar-refractivity contribution in [1.82, 2.24) is 10.3 Å². The quantitative estimate of drug-likeness (QED) is 0.630. The molecule has 1 heterocycles. The first-order valence-electron chi connectivity index (χ1n) is 9.45. The zero-order valence-electron chi connectivity index (χ0n) is 17.1. The van der Waals surface area contributed by atoms with Crippen molar-refractivity contribution in [3.63, 3.8) is 0 Å². The third kappa shape index (κ3) is 5.29. The van der Waals surface area contributed by atoms with Crippen molar-refractivity contribution in [1.29, 1.82) is 0 Å². The van der Waals surface area contributed by atoms with Gasteiger partial charge in [-0.3, -0.25) is 14.9 Å². The van der Waals surface area contributed by atoms with Crippen LogP contribution < -0.4 is 10.6 Å². The van der Waals surface area contributed by atoms with Crippen LogP contribution in [0.2, 0.25) is 0 Å². The van der Waals surface area contributed by atoms with Gasteiger partial charge in [-0.15, -0.1) is 0 Å². The summed E-state index contributed by atoms with van der Waals surface area (Å²) in [7, 11) is 0. The molecule has 5 nitrogen and oxygen atoms in total. The van der Waals surface area contributed by atoms with Crippen molar-refractivity contribution in [3.8, 4) is 0 Å². The smallest absolute Gasteiger partial charge is 0.263 e. The SMILES string of the molecule is Cc1nc(NC(=O)c2ccc(C(C)(C)C)cc2)sc1C(=O)NCc1ccccc1. The fourth-order valence-electron chi connectivity index (χ4n) is 2.81. The number of hydrogen-bond donors (Lipinski definition) is 2. The predicted molar refractivity (Wildman–Crippen MR) is 118 cm³/mol. The molecule has 0 radical (unpaired) electrons. The molecule has 0 aliphatic carbocycles. The minimum atomic E-state index is -0.240. The largest absolute Gasteiger partial charge is 0.347 e. The topological polar surface area (TPSA) is 71.1 Å². The third-order valence-electron chi connectivity index (χ3n) is 4.53. The third-order valence-corrected chi connectivity index (χ3v) is 5.60. The van der Waals surface area contributed by atoms with Gasteiger partial charge < -0.3 is 5.32 Å². The van der Waals surface area contributed by atoms with E-state index in [0.717, 1.165) is 11.1 Å². The van der Waals surface area contributed by atoms with E-state index in [1.54, 1.807) is 6.92 Å². The number of aromatic nitrogens is 1. The van der Waals surface area contributed by atoms with Crippen molar-refractivity contribution < 1.29 is 9.59 Å². The highest BCUT2D eigenvalue weighted by Gasteiger charge is 2.18. The normalized spacial score (nSPS) is 11.2.